The lowest BCUT2D eigenvalue weighted by Gasteiger charge is -2.38. The van der Waals surface area contributed by atoms with Crippen LogP contribution in [0.1, 0.15) is 39.5 Å². The number of amides is 2. The van der Waals surface area contributed by atoms with E-state index in [1.165, 1.54) is 26.2 Å². The van der Waals surface area contributed by atoms with Crippen molar-refractivity contribution in [2.24, 2.45) is 11.7 Å². The van der Waals surface area contributed by atoms with Gasteiger partial charge in [-0.1, -0.05) is 19.8 Å². The molecule has 21 heavy (non-hydrogen) atoms. The molecule has 1 rings (SSSR count). The van der Waals surface area contributed by atoms with Gasteiger partial charge in [-0.2, -0.15) is 0 Å². The van der Waals surface area contributed by atoms with E-state index in [0.717, 1.165) is 13.0 Å². The van der Waals surface area contributed by atoms with Crippen LogP contribution in [-0.4, -0.2) is 55.5 Å². The number of nitrogens with two attached hydrogens (primary N) is 1. The van der Waals surface area contributed by atoms with E-state index in [2.05, 4.69) is 22.5 Å². The number of nitrogens with one attached hydrogen (secondary N) is 2. The van der Waals surface area contributed by atoms with E-state index in [-0.39, 0.29) is 11.8 Å². The summed E-state index contributed by atoms with van der Waals surface area (Å²) in [5.74, 6) is 0.446. The van der Waals surface area contributed by atoms with Crippen molar-refractivity contribution in [2.45, 2.75) is 45.6 Å². The third-order valence-electron chi connectivity index (χ3n) is 4.21. The molecule has 2 atom stereocenters. The number of nitrogens with zero attached hydrogens (tertiary/aromatic N) is 1. The van der Waals surface area contributed by atoms with E-state index in [9.17, 15) is 9.59 Å². The lowest BCUT2D eigenvalue weighted by atomic mass is 9.83. The zero-order valence-electron chi connectivity index (χ0n) is 13.4. The van der Waals surface area contributed by atoms with E-state index in [1.54, 1.807) is 0 Å². The van der Waals surface area contributed by atoms with E-state index in [1.807, 2.05) is 0 Å². The van der Waals surface area contributed by atoms with Gasteiger partial charge in [0.2, 0.25) is 11.8 Å². The van der Waals surface area contributed by atoms with E-state index < -0.39 is 0 Å². The monoisotopic (exact) mass is 298 g/mol. The fourth-order valence-corrected chi connectivity index (χ4v) is 3.09. The highest BCUT2D eigenvalue weighted by atomic mass is 16.2. The summed E-state index contributed by atoms with van der Waals surface area (Å²) < 4.78 is 0. The number of likely N-dealkylation sites (N-methyl/N-ethyl adjacent to an activating group) is 1. The normalized spacial score (nSPS) is 22.1. The zero-order chi connectivity index (χ0) is 15.7. The Morgan fingerprint density at radius 1 is 1.19 bits per heavy atom. The number of carbonyl (C=O) groups is 2. The van der Waals surface area contributed by atoms with Gasteiger partial charge in [0, 0.05) is 26.1 Å². The molecule has 6 heteroatoms. The molecule has 0 aromatic carbocycles. The van der Waals surface area contributed by atoms with Crippen LogP contribution in [0.2, 0.25) is 0 Å². The first-order valence-corrected chi connectivity index (χ1v) is 8.03. The maximum Gasteiger partial charge on any atom is 0.234 e. The van der Waals surface area contributed by atoms with Gasteiger partial charge in [0.05, 0.1) is 6.54 Å². The minimum absolute atomic E-state index is 0.0172. The van der Waals surface area contributed by atoms with Crippen LogP contribution in [0.3, 0.4) is 0 Å². The molecule has 6 nitrogen and oxygen atoms in total. The molecule has 0 bridgehead atoms. The van der Waals surface area contributed by atoms with E-state index in [4.69, 9.17) is 5.73 Å². The molecule has 1 saturated carbocycles. The molecule has 0 saturated heterocycles. The minimum atomic E-state index is -0.0765. The molecular formula is C15H30N4O2. The Hall–Kier alpha value is -1.14. The molecule has 0 heterocycles. The summed E-state index contributed by atoms with van der Waals surface area (Å²) in [5.41, 5.74) is 5.88. The molecule has 1 aliphatic carbocycles. The lowest BCUT2D eigenvalue weighted by Crippen LogP contribution is -2.49. The van der Waals surface area contributed by atoms with Crippen molar-refractivity contribution in [3.05, 3.63) is 0 Å². The van der Waals surface area contributed by atoms with Crippen LogP contribution < -0.4 is 16.4 Å². The molecule has 0 radical (unpaired) electrons. The quantitative estimate of drug-likeness (QED) is 0.554. The van der Waals surface area contributed by atoms with Gasteiger partial charge in [-0.3, -0.25) is 14.5 Å². The number of hydrogen-bond acceptors (Lipinski definition) is 4. The van der Waals surface area contributed by atoms with Crippen molar-refractivity contribution < 1.29 is 9.59 Å². The largest absolute Gasteiger partial charge is 0.355 e. The van der Waals surface area contributed by atoms with Crippen LogP contribution in [0.5, 0.6) is 0 Å². The van der Waals surface area contributed by atoms with Crippen LogP contribution in [0.15, 0.2) is 0 Å². The van der Waals surface area contributed by atoms with Crippen molar-refractivity contribution in [3.63, 3.8) is 0 Å². The Bertz CT molecular complexity index is 336. The average molecular weight is 298 g/mol. The second-order valence-electron chi connectivity index (χ2n) is 5.74. The number of carbonyl (C=O) groups excluding carboxylic acids is 2. The predicted molar refractivity (Wildman–Crippen MR) is 83.7 cm³/mol. The average Bonchev–Trinajstić information content (AvgIpc) is 2.49. The third-order valence-corrected chi connectivity index (χ3v) is 4.21. The van der Waals surface area contributed by atoms with Gasteiger partial charge in [-0.15, -0.1) is 0 Å². The summed E-state index contributed by atoms with van der Waals surface area (Å²) in [6.45, 7) is 6.48. The first-order chi connectivity index (χ1) is 10.1. The highest BCUT2D eigenvalue weighted by Gasteiger charge is 2.29. The van der Waals surface area contributed by atoms with Crippen molar-refractivity contribution in [1.29, 1.82) is 0 Å². The summed E-state index contributed by atoms with van der Waals surface area (Å²) in [6.07, 6.45) is 4.78. The molecule has 4 N–H and O–H groups in total. The first kappa shape index (κ1) is 17.9. The highest BCUT2D eigenvalue weighted by molar-refractivity contribution is 5.78. The van der Waals surface area contributed by atoms with Crippen LogP contribution >= 0.6 is 0 Å². The van der Waals surface area contributed by atoms with Gasteiger partial charge in [-0.25, -0.2) is 0 Å². The van der Waals surface area contributed by atoms with Gasteiger partial charge >= 0.3 is 0 Å². The smallest absolute Gasteiger partial charge is 0.234 e. The van der Waals surface area contributed by atoms with Crippen molar-refractivity contribution >= 4 is 11.8 Å². The molecule has 1 aliphatic rings. The SMILES string of the molecule is CCN(CC(=O)NCCNC(C)=O)C1CCCCC1CN. The molecule has 0 spiro atoms. The van der Waals surface area contributed by atoms with E-state index >= 15 is 0 Å². The molecule has 122 valence electrons. The molecular weight excluding hydrogens is 268 g/mol. The fourth-order valence-electron chi connectivity index (χ4n) is 3.09. The molecule has 0 aromatic rings. The molecule has 0 aliphatic heterocycles. The Labute approximate surface area is 127 Å². The maximum atomic E-state index is 12.0. The van der Waals surface area contributed by atoms with Crippen LogP contribution in [0.4, 0.5) is 0 Å². The van der Waals surface area contributed by atoms with Crippen molar-refractivity contribution in [3.8, 4) is 0 Å². The Morgan fingerprint density at radius 3 is 2.48 bits per heavy atom. The summed E-state index contributed by atoms with van der Waals surface area (Å²) in [6, 6.07) is 0.426. The van der Waals surface area contributed by atoms with Crippen LogP contribution in [0, 0.1) is 5.92 Å². The summed E-state index contributed by atoms with van der Waals surface area (Å²) >= 11 is 0. The second-order valence-corrected chi connectivity index (χ2v) is 5.74. The standard InChI is InChI=1S/C15H30N4O2/c1-3-19(14-7-5-4-6-13(14)10-16)11-15(21)18-9-8-17-12(2)20/h13-14H,3-11,16H2,1-2H3,(H,17,20)(H,18,21). The number of rotatable bonds is 8. The fraction of sp³-hybridized carbons (Fsp3) is 0.867. The zero-order valence-corrected chi connectivity index (χ0v) is 13.4. The maximum absolute atomic E-state index is 12.0. The molecule has 0 aromatic heterocycles. The minimum Gasteiger partial charge on any atom is -0.355 e. The Kier molecular flexibility index (Phi) is 8.30. The Balaban J connectivity index is 2.37. The van der Waals surface area contributed by atoms with Crippen LogP contribution in [-0.2, 0) is 9.59 Å². The highest BCUT2D eigenvalue weighted by Crippen LogP contribution is 2.27. The first-order valence-electron chi connectivity index (χ1n) is 8.03. The van der Waals surface area contributed by atoms with Gasteiger partial charge < -0.3 is 16.4 Å². The Morgan fingerprint density at radius 2 is 1.86 bits per heavy atom. The lowest BCUT2D eigenvalue weighted by molar-refractivity contribution is -0.123. The molecule has 2 amide bonds. The van der Waals surface area contributed by atoms with Gasteiger partial charge in [0.25, 0.3) is 0 Å². The topological polar surface area (TPSA) is 87.5 Å². The molecule has 2 unspecified atom stereocenters. The van der Waals surface area contributed by atoms with Crippen molar-refractivity contribution in [2.75, 3.05) is 32.7 Å². The summed E-state index contributed by atoms with van der Waals surface area (Å²) in [5, 5.41) is 5.51. The van der Waals surface area contributed by atoms with Gasteiger partial charge in [0.15, 0.2) is 0 Å². The summed E-state index contributed by atoms with van der Waals surface area (Å²) in [7, 11) is 0. The van der Waals surface area contributed by atoms with Crippen LogP contribution in [0.25, 0.3) is 0 Å². The number of hydrogen-bond donors (Lipinski definition) is 3. The van der Waals surface area contributed by atoms with Gasteiger partial charge in [-0.05, 0) is 31.8 Å². The second kappa shape index (κ2) is 9.73. The van der Waals surface area contributed by atoms with Gasteiger partial charge in [0.1, 0.15) is 0 Å². The predicted octanol–water partition coefficient (Wildman–Crippen LogP) is 0.0781. The molecule has 1 fully saturated rings. The summed E-state index contributed by atoms with van der Waals surface area (Å²) in [4.78, 5) is 25.0. The van der Waals surface area contributed by atoms with E-state index in [0.29, 0.717) is 38.1 Å². The van der Waals surface area contributed by atoms with Crippen molar-refractivity contribution in [1.82, 2.24) is 15.5 Å². The third kappa shape index (κ3) is 6.44.